The van der Waals surface area contributed by atoms with Gasteiger partial charge in [-0.3, -0.25) is 9.78 Å². The number of para-hydroxylation sites is 1. The summed E-state index contributed by atoms with van der Waals surface area (Å²) in [5.74, 6) is 0.342. The van der Waals surface area contributed by atoms with Gasteiger partial charge in [-0.2, -0.15) is 9.78 Å². The first-order valence-corrected chi connectivity index (χ1v) is 13.2. The van der Waals surface area contributed by atoms with E-state index in [1.807, 2.05) is 18.2 Å². The SMILES string of the molecule is CN1CCN(c2ccc(Nc3ncc4c(=O)n(-c5c(Cl)cccc5Cl)nc(-c5cccnc5)c4n3)cc2)CC1. The molecule has 0 unspecified atom stereocenters. The highest BCUT2D eigenvalue weighted by Gasteiger charge is 2.20. The van der Waals surface area contributed by atoms with Gasteiger partial charge in [0.2, 0.25) is 5.95 Å². The molecule has 1 aliphatic rings. The van der Waals surface area contributed by atoms with E-state index in [0.717, 1.165) is 31.9 Å². The van der Waals surface area contributed by atoms with E-state index in [4.69, 9.17) is 28.2 Å². The summed E-state index contributed by atoms with van der Waals surface area (Å²) < 4.78 is 1.20. The molecule has 39 heavy (non-hydrogen) atoms. The zero-order valence-corrected chi connectivity index (χ0v) is 22.6. The highest BCUT2D eigenvalue weighted by molar-refractivity contribution is 6.37. The van der Waals surface area contributed by atoms with Crippen LogP contribution in [0.5, 0.6) is 0 Å². The first-order valence-electron chi connectivity index (χ1n) is 12.4. The Hall–Kier alpha value is -4.05. The van der Waals surface area contributed by atoms with Gasteiger partial charge in [-0.15, -0.1) is 0 Å². The molecule has 5 aromatic rings. The second-order valence-electron chi connectivity index (χ2n) is 9.30. The predicted molar refractivity (Wildman–Crippen MR) is 156 cm³/mol. The van der Waals surface area contributed by atoms with Crippen molar-refractivity contribution in [1.82, 2.24) is 29.6 Å². The molecule has 0 bridgehead atoms. The Bertz CT molecular complexity index is 1680. The second kappa shape index (κ2) is 10.6. The van der Waals surface area contributed by atoms with Gasteiger partial charge in [0, 0.05) is 61.7 Å². The zero-order chi connectivity index (χ0) is 26.9. The van der Waals surface area contributed by atoms with Gasteiger partial charge >= 0.3 is 0 Å². The number of likely N-dealkylation sites (N-methyl/N-ethyl adjacent to an activating group) is 1. The van der Waals surface area contributed by atoms with Crippen LogP contribution in [0.1, 0.15) is 0 Å². The molecular formula is C28H24Cl2N8O. The van der Waals surface area contributed by atoms with Crippen LogP contribution in [0.15, 0.2) is 78.0 Å². The van der Waals surface area contributed by atoms with Crippen molar-refractivity contribution in [1.29, 1.82) is 0 Å². The monoisotopic (exact) mass is 558 g/mol. The fourth-order valence-electron chi connectivity index (χ4n) is 4.58. The van der Waals surface area contributed by atoms with Gasteiger partial charge in [0.15, 0.2) is 0 Å². The average Bonchev–Trinajstić information content (AvgIpc) is 2.95. The number of hydrogen-bond acceptors (Lipinski definition) is 8. The van der Waals surface area contributed by atoms with E-state index < -0.39 is 5.56 Å². The molecule has 3 aromatic heterocycles. The van der Waals surface area contributed by atoms with Crippen LogP contribution >= 0.6 is 23.2 Å². The van der Waals surface area contributed by atoms with Crippen molar-refractivity contribution in [3.63, 3.8) is 0 Å². The van der Waals surface area contributed by atoms with Crippen LogP contribution in [0.25, 0.3) is 27.8 Å². The number of piperazine rings is 1. The van der Waals surface area contributed by atoms with E-state index in [9.17, 15) is 4.79 Å². The summed E-state index contributed by atoms with van der Waals surface area (Å²) in [5.41, 5.74) is 3.38. The Kier molecular flexibility index (Phi) is 6.86. The number of fused-ring (bicyclic) bond motifs is 1. The molecule has 0 spiro atoms. The minimum absolute atomic E-state index is 0.274. The van der Waals surface area contributed by atoms with Gasteiger partial charge < -0.3 is 15.1 Å². The number of pyridine rings is 1. The van der Waals surface area contributed by atoms with E-state index in [1.165, 1.54) is 16.6 Å². The highest BCUT2D eigenvalue weighted by Crippen LogP contribution is 2.30. The topological polar surface area (TPSA) is 92.1 Å². The smallest absolute Gasteiger partial charge is 0.282 e. The first-order chi connectivity index (χ1) is 19.0. The predicted octanol–water partition coefficient (Wildman–Crippen LogP) is 5.04. The van der Waals surface area contributed by atoms with Crippen LogP contribution in [-0.2, 0) is 0 Å². The number of aromatic nitrogens is 5. The Morgan fingerprint density at radius 3 is 2.33 bits per heavy atom. The molecule has 2 aromatic carbocycles. The van der Waals surface area contributed by atoms with Crippen molar-refractivity contribution in [3.8, 4) is 16.9 Å². The number of benzene rings is 2. The molecule has 0 atom stereocenters. The lowest BCUT2D eigenvalue weighted by Crippen LogP contribution is -2.44. The third-order valence-corrected chi connectivity index (χ3v) is 7.32. The summed E-state index contributed by atoms with van der Waals surface area (Å²) in [6.07, 6.45) is 4.83. The van der Waals surface area contributed by atoms with Crippen molar-refractivity contribution in [3.05, 3.63) is 93.6 Å². The number of nitrogens with one attached hydrogen (secondary N) is 1. The van der Waals surface area contributed by atoms with Gasteiger partial charge in [-0.05, 0) is 55.6 Å². The van der Waals surface area contributed by atoms with E-state index in [2.05, 4.69) is 49.4 Å². The molecule has 196 valence electrons. The number of halogens is 2. The number of rotatable bonds is 5. The number of anilines is 3. The first kappa shape index (κ1) is 25.2. The molecule has 0 radical (unpaired) electrons. The maximum atomic E-state index is 13.6. The van der Waals surface area contributed by atoms with Crippen LogP contribution in [0.2, 0.25) is 10.0 Å². The molecule has 6 rings (SSSR count). The van der Waals surface area contributed by atoms with Crippen LogP contribution in [0.4, 0.5) is 17.3 Å². The third-order valence-electron chi connectivity index (χ3n) is 6.71. The summed E-state index contributed by atoms with van der Waals surface area (Å²) in [7, 11) is 2.14. The maximum Gasteiger partial charge on any atom is 0.282 e. The van der Waals surface area contributed by atoms with E-state index in [-0.39, 0.29) is 5.39 Å². The molecule has 4 heterocycles. The minimum Gasteiger partial charge on any atom is -0.369 e. The van der Waals surface area contributed by atoms with Gasteiger partial charge in [-0.1, -0.05) is 29.3 Å². The standard InChI is InChI=1S/C28H24Cl2N8O/c1-36-12-14-37(15-13-36)20-9-7-19(8-10-20)33-28-32-17-21-25(34-28)24(18-4-3-11-31-16-18)35-38(27(21)39)26-22(29)5-2-6-23(26)30/h2-11,16-17H,12-15H2,1H3,(H,32,33,34). The Labute approximate surface area is 234 Å². The van der Waals surface area contributed by atoms with Gasteiger partial charge in [0.05, 0.1) is 15.4 Å². The van der Waals surface area contributed by atoms with Crippen molar-refractivity contribution < 1.29 is 0 Å². The second-order valence-corrected chi connectivity index (χ2v) is 10.1. The number of hydrogen-bond donors (Lipinski definition) is 1. The largest absolute Gasteiger partial charge is 0.369 e. The molecule has 0 amide bonds. The fourth-order valence-corrected chi connectivity index (χ4v) is 5.13. The Morgan fingerprint density at radius 2 is 1.64 bits per heavy atom. The molecule has 11 heteroatoms. The molecule has 1 N–H and O–H groups in total. The quantitative estimate of drug-likeness (QED) is 0.320. The molecule has 1 fully saturated rings. The summed E-state index contributed by atoms with van der Waals surface area (Å²) in [4.78, 5) is 31.6. The average molecular weight is 559 g/mol. The lowest BCUT2D eigenvalue weighted by Gasteiger charge is -2.34. The van der Waals surface area contributed by atoms with Gasteiger partial charge in [0.1, 0.15) is 16.9 Å². The lowest BCUT2D eigenvalue weighted by atomic mass is 10.1. The van der Waals surface area contributed by atoms with Crippen LogP contribution in [0.3, 0.4) is 0 Å². The van der Waals surface area contributed by atoms with Crippen LogP contribution < -0.4 is 15.8 Å². The van der Waals surface area contributed by atoms with Crippen LogP contribution in [-0.4, -0.2) is 62.9 Å². The van der Waals surface area contributed by atoms with Crippen LogP contribution in [0, 0.1) is 0 Å². The summed E-state index contributed by atoms with van der Waals surface area (Å²) >= 11 is 12.9. The molecule has 1 aliphatic heterocycles. The maximum absolute atomic E-state index is 13.6. The molecule has 9 nitrogen and oxygen atoms in total. The third kappa shape index (κ3) is 5.04. The van der Waals surface area contributed by atoms with Crippen molar-refractivity contribution in [2.75, 3.05) is 43.4 Å². The number of nitrogens with zero attached hydrogens (tertiary/aromatic N) is 7. The Morgan fingerprint density at radius 1 is 0.897 bits per heavy atom. The minimum atomic E-state index is -0.435. The van der Waals surface area contributed by atoms with E-state index in [0.29, 0.717) is 38.5 Å². The molecule has 1 saturated heterocycles. The molecule has 0 aliphatic carbocycles. The van der Waals surface area contributed by atoms with E-state index in [1.54, 1.807) is 36.7 Å². The lowest BCUT2D eigenvalue weighted by molar-refractivity contribution is 0.313. The molecular weight excluding hydrogens is 535 g/mol. The Balaban J connectivity index is 1.40. The van der Waals surface area contributed by atoms with Crippen molar-refractivity contribution in [2.45, 2.75) is 0 Å². The summed E-state index contributed by atoms with van der Waals surface area (Å²) in [6, 6.07) is 16.8. The summed E-state index contributed by atoms with van der Waals surface area (Å²) in [6.45, 7) is 4.08. The summed E-state index contributed by atoms with van der Waals surface area (Å²) in [5, 5.41) is 8.77. The van der Waals surface area contributed by atoms with E-state index >= 15 is 0 Å². The normalized spacial score (nSPS) is 14.1. The van der Waals surface area contributed by atoms with Gasteiger partial charge in [-0.25, -0.2) is 9.97 Å². The van der Waals surface area contributed by atoms with Crippen molar-refractivity contribution in [2.24, 2.45) is 0 Å². The zero-order valence-electron chi connectivity index (χ0n) is 21.1. The van der Waals surface area contributed by atoms with Gasteiger partial charge in [0.25, 0.3) is 5.56 Å². The highest BCUT2D eigenvalue weighted by atomic mass is 35.5. The van der Waals surface area contributed by atoms with Crippen molar-refractivity contribution >= 4 is 51.4 Å². The fraction of sp³-hybridized carbons (Fsp3) is 0.179. The molecule has 0 saturated carbocycles.